The van der Waals surface area contributed by atoms with Crippen molar-refractivity contribution in [3.05, 3.63) is 83.7 Å². The Hall–Kier alpha value is -4.07. The van der Waals surface area contributed by atoms with Gasteiger partial charge in [0.2, 0.25) is 0 Å². The third kappa shape index (κ3) is 3.31. The summed E-state index contributed by atoms with van der Waals surface area (Å²) in [5.41, 5.74) is 4.63. The lowest BCUT2D eigenvalue weighted by atomic mass is 9.60. The van der Waals surface area contributed by atoms with Crippen LogP contribution in [0.25, 0.3) is 22.2 Å². The molecule has 2 amide bonds. The summed E-state index contributed by atoms with van der Waals surface area (Å²) >= 11 is 0. The van der Waals surface area contributed by atoms with Crippen LogP contribution in [0, 0.1) is 29.5 Å². The van der Waals surface area contributed by atoms with Crippen LogP contribution in [0.4, 0.5) is 4.39 Å². The molecular formula is C28H24FN5O2. The third-order valence-corrected chi connectivity index (χ3v) is 8.37. The molecule has 1 saturated carbocycles. The van der Waals surface area contributed by atoms with E-state index in [1.54, 1.807) is 18.2 Å². The zero-order valence-corrected chi connectivity index (χ0v) is 19.5. The third-order valence-electron chi connectivity index (χ3n) is 8.37. The van der Waals surface area contributed by atoms with Crippen molar-refractivity contribution in [2.24, 2.45) is 23.7 Å². The minimum atomic E-state index is -0.264. The molecule has 1 aliphatic carbocycles. The number of amides is 2. The summed E-state index contributed by atoms with van der Waals surface area (Å²) in [6, 6.07) is 19.3. The van der Waals surface area contributed by atoms with Gasteiger partial charge in [-0.05, 0) is 77.3 Å². The van der Waals surface area contributed by atoms with Gasteiger partial charge in [-0.25, -0.2) is 4.39 Å². The van der Waals surface area contributed by atoms with E-state index in [1.165, 1.54) is 12.1 Å². The van der Waals surface area contributed by atoms with Gasteiger partial charge in [0.05, 0.1) is 0 Å². The molecule has 4 atom stereocenters. The normalized spacial score (nSPS) is 24.5. The number of hydrogen-bond donors (Lipinski definition) is 1. The summed E-state index contributed by atoms with van der Waals surface area (Å²) < 4.78 is 13.2. The molecule has 0 bridgehead atoms. The smallest absolute Gasteiger partial charge is 0.253 e. The highest BCUT2D eigenvalue weighted by molar-refractivity contribution is 5.97. The zero-order valence-electron chi connectivity index (χ0n) is 19.5. The van der Waals surface area contributed by atoms with Crippen LogP contribution in [0.2, 0.25) is 0 Å². The first-order valence-corrected chi connectivity index (χ1v) is 12.3. The Morgan fingerprint density at radius 1 is 0.667 bits per heavy atom. The lowest BCUT2D eigenvalue weighted by Crippen LogP contribution is -2.44. The van der Waals surface area contributed by atoms with Crippen LogP contribution in [0.15, 0.2) is 66.7 Å². The quantitative estimate of drug-likeness (QED) is 0.482. The van der Waals surface area contributed by atoms with E-state index in [2.05, 4.69) is 15.4 Å². The van der Waals surface area contributed by atoms with Crippen LogP contribution in [-0.2, 0) is 0 Å². The standard InChI is InChI=1S/C28H24FN5O2/c29-20-8-5-17(6-9-20)16-1-3-18(4-2-16)27(35)33-12-21-22(13-33)24-15-34(14-23(21)24)28(36)19-7-10-25-26(11-19)31-32-30-25/h1-11,21-24H,12-15H2,(H,30,31,32)/t21?,22?,23-,24+. The highest BCUT2D eigenvalue weighted by atomic mass is 19.1. The number of halogens is 1. The van der Waals surface area contributed by atoms with Crippen molar-refractivity contribution in [3.63, 3.8) is 0 Å². The van der Waals surface area contributed by atoms with Crippen molar-refractivity contribution >= 4 is 22.8 Å². The number of nitrogens with one attached hydrogen (secondary N) is 1. The number of rotatable bonds is 3. The number of nitrogens with zero attached hydrogens (tertiary/aromatic N) is 4. The summed E-state index contributed by atoms with van der Waals surface area (Å²) in [6.07, 6.45) is 0. The molecule has 7 rings (SSSR count). The monoisotopic (exact) mass is 481 g/mol. The molecule has 3 aromatic carbocycles. The number of carbonyl (C=O) groups is 2. The van der Waals surface area contributed by atoms with E-state index in [9.17, 15) is 14.0 Å². The first-order chi connectivity index (χ1) is 17.5. The minimum absolute atomic E-state index is 0.0431. The Labute approximate surface area is 206 Å². The molecule has 36 heavy (non-hydrogen) atoms. The van der Waals surface area contributed by atoms with Gasteiger partial charge in [0.1, 0.15) is 16.9 Å². The van der Waals surface area contributed by atoms with Gasteiger partial charge in [0.15, 0.2) is 0 Å². The van der Waals surface area contributed by atoms with E-state index in [1.807, 2.05) is 46.2 Å². The summed E-state index contributed by atoms with van der Waals surface area (Å²) in [5, 5.41) is 10.7. The van der Waals surface area contributed by atoms with Crippen LogP contribution in [0.1, 0.15) is 20.7 Å². The molecule has 1 aromatic heterocycles. The molecule has 8 heteroatoms. The van der Waals surface area contributed by atoms with Gasteiger partial charge in [-0.3, -0.25) is 9.59 Å². The van der Waals surface area contributed by atoms with E-state index < -0.39 is 0 Å². The second-order valence-corrected chi connectivity index (χ2v) is 10.2. The molecule has 4 aromatic rings. The maximum absolute atomic E-state index is 13.2. The molecule has 3 fully saturated rings. The van der Waals surface area contributed by atoms with Crippen molar-refractivity contribution in [2.75, 3.05) is 26.2 Å². The lowest BCUT2D eigenvalue weighted by Gasteiger charge is -2.42. The fraction of sp³-hybridized carbons (Fsp3) is 0.286. The van der Waals surface area contributed by atoms with Gasteiger partial charge < -0.3 is 9.80 Å². The zero-order chi connectivity index (χ0) is 24.4. The molecule has 7 nitrogen and oxygen atoms in total. The van der Waals surface area contributed by atoms with Crippen LogP contribution >= 0.6 is 0 Å². The second kappa shape index (κ2) is 7.98. The van der Waals surface area contributed by atoms with Gasteiger partial charge in [-0.1, -0.05) is 24.3 Å². The molecule has 2 aliphatic heterocycles. The first-order valence-electron chi connectivity index (χ1n) is 12.3. The number of benzene rings is 3. The van der Waals surface area contributed by atoms with Crippen molar-refractivity contribution in [2.45, 2.75) is 0 Å². The van der Waals surface area contributed by atoms with Crippen molar-refractivity contribution in [3.8, 4) is 11.1 Å². The van der Waals surface area contributed by atoms with Crippen molar-refractivity contribution in [1.82, 2.24) is 25.2 Å². The van der Waals surface area contributed by atoms with Crippen molar-refractivity contribution < 1.29 is 14.0 Å². The van der Waals surface area contributed by atoms with Crippen LogP contribution in [0.5, 0.6) is 0 Å². The molecule has 3 aliphatic rings. The fourth-order valence-corrected chi connectivity index (χ4v) is 6.49. The number of likely N-dealkylation sites (tertiary alicyclic amines) is 2. The maximum atomic E-state index is 13.2. The molecule has 0 spiro atoms. The van der Waals surface area contributed by atoms with E-state index in [0.717, 1.165) is 42.8 Å². The Morgan fingerprint density at radius 2 is 1.14 bits per heavy atom. The van der Waals surface area contributed by atoms with Gasteiger partial charge in [0.25, 0.3) is 11.8 Å². The molecule has 2 unspecified atom stereocenters. The van der Waals surface area contributed by atoms with Crippen LogP contribution < -0.4 is 0 Å². The lowest BCUT2D eigenvalue weighted by molar-refractivity contribution is 0.0629. The Balaban J connectivity index is 1.00. The molecule has 1 N–H and O–H groups in total. The second-order valence-electron chi connectivity index (χ2n) is 10.2. The van der Waals surface area contributed by atoms with E-state index >= 15 is 0 Å². The van der Waals surface area contributed by atoms with E-state index in [0.29, 0.717) is 40.3 Å². The SMILES string of the molecule is O=C(c1ccc(-c2ccc(F)cc2)cc1)N1CC2C(C1)[C@@H]1CN(C(=O)c3ccc4n[nH]nc4c3)C[C@H]21. The molecular weight excluding hydrogens is 457 g/mol. The molecule has 2 saturated heterocycles. The average molecular weight is 482 g/mol. The fourth-order valence-electron chi connectivity index (χ4n) is 6.49. The number of aromatic amines is 1. The van der Waals surface area contributed by atoms with Gasteiger partial charge in [-0.2, -0.15) is 15.4 Å². The predicted octanol–water partition coefficient (Wildman–Crippen LogP) is 3.85. The maximum Gasteiger partial charge on any atom is 0.253 e. The van der Waals surface area contributed by atoms with Gasteiger partial charge in [0, 0.05) is 37.3 Å². The number of hydrogen-bond acceptors (Lipinski definition) is 4. The first kappa shape index (κ1) is 21.2. The highest BCUT2D eigenvalue weighted by Gasteiger charge is 2.59. The van der Waals surface area contributed by atoms with Gasteiger partial charge >= 0.3 is 0 Å². The highest BCUT2D eigenvalue weighted by Crippen LogP contribution is 2.54. The molecule has 0 radical (unpaired) electrons. The predicted molar refractivity (Wildman–Crippen MR) is 131 cm³/mol. The summed E-state index contributed by atoms with van der Waals surface area (Å²) in [7, 11) is 0. The summed E-state index contributed by atoms with van der Waals surface area (Å²) in [5.74, 6) is 1.64. The number of carbonyl (C=O) groups excluding carboxylic acids is 2. The van der Waals surface area contributed by atoms with Crippen LogP contribution in [0.3, 0.4) is 0 Å². The van der Waals surface area contributed by atoms with Crippen molar-refractivity contribution in [1.29, 1.82) is 0 Å². The Morgan fingerprint density at radius 3 is 1.72 bits per heavy atom. The largest absolute Gasteiger partial charge is 0.338 e. The van der Waals surface area contributed by atoms with Crippen LogP contribution in [-0.4, -0.2) is 63.2 Å². The number of fused-ring (bicyclic) bond motifs is 5. The average Bonchev–Trinajstić information content (AvgIpc) is 3.62. The Kier molecular flexibility index (Phi) is 4.71. The topological polar surface area (TPSA) is 82.2 Å². The number of H-pyrrole nitrogens is 1. The minimum Gasteiger partial charge on any atom is -0.338 e. The van der Waals surface area contributed by atoms with E-state index in [4.69, 9.17) is 0 Å². The Bertz CT molecular complexity index is 1460. The molecule has 180 valence electrons. The summed E-state index contributed by atoms with van der Waals surface area (Å²) in [6.45, 7) is 2.99. The number of aromatic nitrogens is 3. The van der Waals surface area contributed by atoms with E-state index in [-0.39, 0.29) is 17.6 Å². The molecule has 3 heterocycles. The van der Waals surface area contributed by atoms with Gasteiger partial charge in [-0.15, -0.1) is 0 Å². The summed E-state index contributed by atoms with van der Waals surface area (Å²) in [4.78, 5) is 30.3.